The van der Waals surface area contributed by atoms with Crippen molar-refractivity contribution in [2.45, 2.75) is 64.5 Å². The monoisotopic (exact) mass is 238 g/mol. The molecule has 3 atom stereocenters. The molecule has 0 bridgehead atoms. The quantitative estimate of drug-likeness (QED) is 0.734. The molecule has 17 heavy (non-hydrogen) atoms. The second-order valence-corrected chi connectivity index (χ2v) is 6.74. The van der Waals surface area contributed by atoms with Crippen molar-refractivity contribution in [2.75, 3.05) is 6.54 Å². The Morgan fingerprint density at radius 3 is 2.47 bits per heavy atom. The van der Waals surface area contributed by atoms with Crippen LogP contribution in [0.5, 0.6) is 0 Å². The highest BCUT2D eigenvalue weighted by Gasteiger charge is 2.35. The van der Waals surface area contributed by atoms with E-state index in [9.17, 15) is 4.79 Å². The van der Waals surface area contributed by atoms with Crippen molar-refractivity contribution in [1.82, 2.24) is 10.6 Å². The first kappa shape index (κ1) is 12.9. The van der Waals surface area contributed by atoms with Gasteiger partial charge in [-0.2, -0.15) is 0 Å². The van der Waals surface area contributed by atoms with Gasteiger partial charge in [0, 0.05) is 5.54 Å². The third-order valence-electron chi connectivity index (χ3n) is 4.05. The van der Waals surface area contributed by atoms with Gasteiger partial charge in [-0.3, -0.25) is 4.79 Å². The average Bonchev–Trinajstić information content (AvgIpc) is 2.26. The van der Waals surface area contributed by atoms with Crippen LogP contribution in [-0.4, -0.2) is 24.0 Å². The summed E-state index contributed by atoms with van der Waals surface area (Å²) in [5, 5.41) is 6.51. The molecule has 3 heteroatoms. The Morgan fingerprint density at radius 1 is 1.18 bits per heavy atom. The molecule has 0 aromatic rings. The zero-order chi connectivity index (χ0) is 12.5. The Balaban J connectivity index is 1.89. The zero-order valence-electron chi connectivity index (χ0n) is 11.4. The van der Waals surface area contributed by atoms with Crippen LogP contribution in [0, 0.1) is 11.8 Å². The lowest BCUT2D eigenvalue weighted by molar-refractivity contribution is -0.126. The standard InChI is InChI=1S/C14H26N2O/c1-14(2,3)16-13(17)12-8-10-6-4-5-7-11(10)9-15-12/h10-12,15H,4-9H2,1-3H3,(H,16,17)/t10-,11-,12+/m1/s1. The molecular weight excluding hydrogens is 212 g/mol. The molecule has 0 spiro atoms. The minimum Gasteiger partial charge on any atom is -0.350 e. The number of hydrogen-bond donors (Lipinski definition) is 2. The van der Waals surface area contributed by atoms with E-state index in [0.29, 0.717) is 0 Å². The number of piperidine rings is 1. The molecule has 98 valence electrons. The van der Waals surface area contributed by atoms with Gasteiger partial charge < -0.3 is 10.6 Å². The Hall–Kier alpha value is -0.570. The van der Waals surface area contributed by atoms with Crippen molar-refractivity contribution in [3.8, 4) is 0 Å². The second kappa shape index (κ2) is 4.97. The SMILES string of the molecule is CC(C)(C)NC(=O)[C@@H]1C[C@H]2CCCC[C@@H]2CN1. The first-order valence-corrected chi connectivity index (χ1v) is 7.01. The minimum atomic E-state index is -0.123. The fraction of sp³-hybridized carbons (Fsp3) is 0.929. The molecule has 1 amide bonds. The summed E-state index contributed by atoms with van der Waals surface area (Å²) in [5.41, 5.74) is -0.123. The van der Waals surface area contributed by atoms with Crippen molar-refractivity contribution in [1.29, 1.82) is 0 Å². The molecule has 1 saturated heterocycles. The number of carbonyl (C=O) groups excluding carboxylic acids is 1. The van der Waals surface area contributed by atoms with Crippen LogP contribution in [0.3, 0.4) is 0 Å². The normalized spacial score (nSPS) is 33.9. The van der Waals surface area contributed by atoms with Crippen LogP contribution in [0.15, 0.2) is 0 Å². The lowest BCUT2D eigenvalue weighted by Crippen LogP contribution is -2.55. The largest absolute Gasteiger partial charge is 0.350 e. The average molecular weight is 238 g/mol. The molecule has 1 aliphatic heterocycles. The Morgan fingerprint density at radius 2 is 1.82 bits per heavy atom. The van der Waals surface area contributed by atoms with Crippen molar-refractivity contribution < 1.29 is 4.79 Å². The summed E-state index contributed by atoms with van der Waals surface area (Å²) in [5.74, 6) is 1.78. The molecule has 0 aromatic heterocycles. The summed E-state index contributed by atoms with van der Waals surface area (Å²) >= 11 is 0. The fourth-order valence-electron chi connectivity index (χ4n) is 3.20. The number of nitrogens with one attached hydrogen (secondary N) is 2. The van der Waals surface area contributed by atoms with Gasteiger partial charge in [0.15, 0.2) is 0 Å². The number of hydrogen-bond acceptors (Lipinski definition) is 2. The fourth-order valence-corrected chi connectivity index (χ4v) is 3.20. The maximum atomic E-state index is 12.1. The molecule has 1 aliphatic carbocycles. The topological polar surface area (TPSA) is 41.1 Å². The molecule has 0 unspecified atom stereocenters. The molecule has 1 heterocycles. The molecule has 0 aromatic carbocycles. The molecule has 2 fully saturated rings. The first-order chi connectivity index (χ1) is 7.96. The van der Waals surface area contributed by atoms with Gasteiger partial charge in [-0.1, -0.05) is 19.3 Å². The van der Waals surface area contributed by atoms with Gasteiger partial charge in [-0.15, -0.1) is 0 Å². The molecule has 0 radical (unpaired) electrons. The maximum absolute atomic E-state index is 12.1. The van der Waals surface area contributed by atoms with Crippen molar-refractivity contribution in [3.05, 3.63) is 0 Å². The lowest BCUT2D eigenvalue weighted by atomic mass is 9.73. The van der Waals surface area contributed by atoms with Gasteiger partial charge in [0.05, 0.1) is 6.04 Å². The Labute approximate surface area is 105 Å². The molecular formula is C14H26N2O. The lowest BCUT2D eigenvalue weighted by Gasteiger charge is -2.40. The van der Waals surface area contributed by atoms with Crippen LogP contribution in [-0.2, 0) is 4.79 Å². The number of carbonyl (C=O) groups is 1. The van der Waals surface area contributed by atoms with Crippen LogP contribution in [0.1, 0.15) is 52.9 Å². The van der Waals surface area contributed by atoms with E-state index < -0.39 is 0 Å². The molecule has 2 aliphatic rings. The predicted octanol–water partition coefficient (Wildman–Crippen LogP) is 2.07. The number of fused-ring (bicyclic) bond motifs is 1. The van der Waals surface area contributed by atoms with E-state index in [1.807, 2.05) is 20.8 Å². The van der Waals surface area contributed by atoms with E-state index >= 15 is 0 Å². The summed E-state index contributed by atoms with van der Waals surface area (Å²) < 4.78 is 0. The van der Waals surface area contributed by atoms with Crippen LogP contribution in [0.25, 0.3) is 0 Å². The molecule has 3 nitrogen and oxygen atoms in total. The van der Waals surface area contributed by atoms with Gasteiger partial charge in [0.2, 0.25) is 5.91 Å². The smallest absolute Gasteiger partial charge is 0.237 e. The Kier molecular flexibility index (Phi) is 3.76. The van der Waals surface area contributed by atoms with E-state index in [1.54, 1.807) is 0 Å². The van der Waals surface area contributed by atoms with Crippen molar-refractivity contribution in [2.24, 2.45) is 11.8 Å². The van der Waals surface area contributed by atoms with Gasteiger partial charge in [0.1, 0.15) is 0 Å². The van der Waals surface area contributed by atoms with E-state index in [1.165, 1.54) is 25.7 Å². The van der Waals surface area contributed by atoms with E-state index in [-0.39, 0.29) is 17.5 Å². The van der Waals surface area contributed by atoms with Crippen LogP contribution in [0.4, 0.5) is 0 Å². The van der Waals surface area contributed by atoms with Gasteiger partial charge in [0.25, 0.3) is 0 Å². The summed E-state index contributed by atoms with van der Waals surface area (Å²) in [7, 11) is 0. The van der Waals surface area contributed by atoms with Crippen LogP contribution in [0.2, 0.25) is 0 Å². The number of amides is 1. The molecule has 2 rings (SSSR count). The van der Waals surface area contributed by atoms with Crippen molar-refractivity contribution >= 4 is 5.91 Å². The number of rotatable bonds is 1. The summed E-state index contributed by atoms with van der Waals surface area (Å²) in [4.78, 5) is 12.1. The summed E-state index contributed by atoms with van der Waals surface area (Å²) in [6.45, 7) is 7.15. The summed E-state index contributed by atoms with van der Waals surface area (Å²) in [6.07, 6.45) is 6.44. The van der Waals surface area contributed by atoms with E-state index in [4.69, 9.17) is 0 Å². The van der Waals surface area contributed by atoms with Crippen molar-refractivity contribution in [3.63, 3.8) is 0 Å². The van der Waals surface area contributed by atoms with Crippen LogP contribution < -0.4 is 10.6 Å². The maximum Gasteiger partial charge on any atom is 0.237 e. The first-order valence-electron chi connectivity index (χ1n) is 7.01. The second-order valence-electron chi connectivity index (χ2n) is 6.74. The van der Waals surface area contributed by atoms with E-state index in [2.05, 4.69) is 10.6 Å². The zero-order valence-corrected chi connectivity index (χ0v) is 11.4. The highest BCUT2D eigenvalue weighted by Crippen LogP contribution is 2.35. The van der Waals surface area contributed by atoms with Gasteiger partial charge in [-0.25, -0.2) is 0 Å². The molecule has 2 N–H and O–H groups in total. The highest BCUT2D eigenvalue weighted by molar-refractivity contribution is 5.82. The third-order valence-corrected chi connectivity index (χ3v) is 4.05. The highest BCUT2D eigenvalue weighted by atomic mass is 16.2. The minimum absolute atomic E-state index is 0.0357. The summed E-state index contributed by atoms with van der Waals surface area (Å²) in [6, 6.07) is 0.0357. The van der Waals surface area contributed by atoms with E-state index in [0.717, 1.165) is 24.8 Å². The van der Waals surface area contributed by atoms with Crippen LogP contribution >= 0.6 is 0 Å². The molecule has 1 saturated carbocycles. The Bertz CT molecular complexity index is 282. The third kappa shape index (κ3) is 3.44. The van der Waals surface area contributed by atoms with Gasteiger partial charge >= 0.3 is 0 Å². The van der Waals surface area contributed by atoms with Gasteiger partial charge in [-0.05, 0) is 52.0 Å². The predicted molar refractivity (Wildman–Crippen MR) is 69.8 cm³/mol.